The molecule has 4 nitrogen and oxygen atoms in total. The Morgan fingerprint density at radius 3 is 2.54 bits per heavy atom. The van der Waals surface area contributed by atoms with Crippen LogP contribution in [0.15, 0.2) is 51.4 Å². The van der Waals surface area contributed by atoms with Crippen molar-refractivity contribution in [3.05, 3.63) is 52.8 Å². The summed E-state index contributed by atoms with van der Waals surface area (Å²) in [5.41, 5.74) is 2.85. The minimum Gasteiger partial charge on any atom is -0.507 e. The van der Waals surface area contributed by atoms with Gasteiger partial charge >= 0.3 is 0 Å². The SMILES string of the molecule is COc1ccc(-c2c(O)c3cc(Br)ccc3c3oc(C)nc23)cc1. The molecule has 1 heterocycles. The number of aromatic nitrogens is 1. The number of phenolic OH excluding ortho intramolecular Hbond substituents is 1. The van der Waals surface area contributed by atoms with E-state index in [9.17, 15) is 5.11 Å². The molecule has 0 atom stereocenters. The fourth-order valence-electron chi connectivity index (χ4n) is 2.97. The summed E-state index contributed by atoms with van der Waals surface area (Å²) < 4.78 is 11.9. The molecule has 0 bridgehead atoms. The van der Waals surface area contributed by atoms with E-state index in [1.54, 1.807) is 14.0 Å². The van der Waals surface area contributed by atoms with Gasteiger partial charge in [-0.25, -0.2) is 4.98 Å². The summed E-state index contributed by atoms with van der Waals surface area (Å²) in [5.74, 6) is 1.51. The molecule has 0 saturated heterocycles. The smallest absolute Gasteiger partial charge is 0.192 e. The highest BCUT2D eigenvalue weighted by atomic mass is 79.9. The van der Waals surface area contributed by atoms with Gasteiger partial charge in [0.25, 0.3) is 0 Å². The van der Waals surface area contributed by atoms with Gasteiger partial charge in [-0.2, -0.15) is 0 Å². The lowest BCUT2D eigenvalue weighted by molar-refractivity contribution is 0.415. The predicted molar refractivity (Wildman–Crippen MR) is 97.6 cm³/mol. The number of rotatable bonds is 2. The van der Waals surface area contributed by atoms with Gasteiger partial charge in [0, 0.05) is 22.2 Å². The van der Waals surface area contributed by atoms with Crippen molar-refractivity contribution >= 4 is 37.8 Å². The highest BCUT2D eigenvalue weighted by molar-refractivity contribution is 9.10. The Kier molecular flexibility index (Phi) is 3.46. The summed E-state index contributed by atoms with van der Waals surface area (Å²) in [6.07, 6.45) is 0. The fraction of sp³-hybridized carbons (Fsp3) is 0.105. The van der Waals surface area contributed by atoms with E-state index in [-0.39, 0.29) is 5.75 Å². The molecule has 0 saturated carbocycles. The van der Waals surface area contributed by atoms with E-state index < -0.39 is 0 Å². The van der Waals surface area contributed by atoms with Gasteiger partial charge in [0.1, 0.15) is 17.0 Å². The number of nitrogens with zero attached hydrogens (tertiary/aromatic N) is 1. The molecule has 0 aliphatic heterocycles. The zero-order valence-electron chi connectivity index (χ0n) is 13.1. The van der Waals surface area contributed by atoms with Crippen LogP contribution in [-0.2, 0) is 0 Å². The average Bonchev–Trinajstić information content (AvgIpc) is 2.97. The summed E-state index contributed by atoms with van der Waals surface area (Å²) in [5, 5.41) is 12.5. The molecule has 4 aromatic rings. The molecule has 24 heavy (non-hydrogen) atoms. The van der Waals surface area contributed by atoms with Gasteiger partial charge in [-0.05, 0) is 35.9 Å². The van der Waals surface area contributed by atoms with Crippen LogP contribution < -0.4 is 4.74 Å². The number of hydrogen-bond acceptors (Lipinski definition) is 4. The number of benzene rings is 3. The van der Waals surface area contributed by atoms with Crippen molar-refractivity contribution in [3.8, 4) is 22.6 Å². The summed E-state index contributed by atoms with van der Waals surface area (Å²) in [7, 11) is 1.62. The molecule has 120 valence electrons. The summed E-state index contributed by atoms with van der Waals surface area (Å²) in [4.78, 5) is 4.50. The van der Waals surface area contributed by atoms with Gasteiger partial charge in [0.15, 0.2) is 11.5 Å². The number of methoxy groups -OCH3 is 1. The third-order valence-corrected chi connectivity index (χ3v) is 4.56. The Balaban J connectivity index is 2.13. The van der Waals surface area contributed by atoms with Crippen molar-refractivity contribution < 1.29 is 14.3 Å². The van der Waals surface area contributed by atoms with E-state index in [0.29, 0.717) is 22.6 Å². The highest BCUT2D eigenvalue weighted by Crippen LogP contribution is 2.44. The molecule has 1 aromatic heterocycles. The number of halogens is 1. The maximum atomic E-state index is 10.9. The predicted octanol–water partition coefficient (Wildman–Crippen LogP) is 5.43. The van der Waals surface area contributed by atoms with Crippen LogP contribution in [-0.4, -0.2) is 17.2 Å². The molecule has 0 amide bonds. The van der Waals surface area contributed by atoms with Crippen LogP contribution in [0.25, 0.3) is 33.0 Å². The molecular weight excluding hydrogens is 370 g/mol. The molecule has 0 unspecified atom stereocenters. The Morgan fingerprint density at radius 1 is 1.08 bits per heavy atom. The number of oxazole rings is 1. The zero-order chi connectivity index (χ0) is 16.8. The number of ether oxygens (including phenoxy) is 1. The Hall–Kier alpha value is -2.53. The van der Waals surface area contributed by atoms with Crippen LogP contribution in [0.5, 0.6) is 11.5 Å². The first-order valence-corrected chi connectivity index (χ1v) is 8.23. The summed E-state index contributed by atoms with van der Waals surface area (Å²) in [6.45, 7) is 1.81. The number of phenols is 1. The van der Waals surface area contributed by atoms with Crippen molar-refractivity contribution in [2.24, 2.45) is 0 Å². The standard InChI is InChI=1S/C19H14BrNO3/c1-10-21-17-16(11-3-6-13(23-2)7-4-11)18(22)15-9-12(20)5-8-14(15)19(17)24-10/h3-9,22H,1-2H3. The lowest BCUT2D eigenvalue weighted by Gasteiger charge is -2.10. The molecule has 4 rings (SSSR count). The lowest BCUT2D eigenvalue weighted by Crippen LogP contribution is -1.87. The molecule has 0 aliphatic carbocycles. The Bertz CT molecular complexity index is 1070. The van der Waals surface area contributed by atoms with Gasteiger partial charge in [0.2, 0.25) is 0 Å². The van der Waals surface area contributed by atoms with Crippen LogP contribution in [0.2, 0.25) is 0 Å². The molecule has 0 radical (unpaired) electrons. The van der Waals surface area contributed by atoms with Crippen LogP contribution in [0, 0.1) is 6.92 Å². The Morgan fingerprint density at radius 2 is 1.83 bits per heavy atom. The molecule has 3 aromatic carbocycles. The van der Waals surface area contributed by atoms with E-state index in [0.717, 1.165) is 26.6 Å². The topological polar surface area (TPSA) is 55.5 Å². The van der Waals surface area contributed by atoms with Gasteiger partial charge in [0.05, 0.1) is 12.7 Å². The monoisotopic (exact) mass is 383 g/mol. The summed E-state index contributed by atoms with van der Waals surface area (Å²) in [6, 6.07) is 13.3. The van der Waals surface area contributed by atoms with Crippen LogP contribution in [0.3, 0.4) is 0 Å². The second kappa shape index (κ2) is 5.53. The van der Waals surface area contributed by atoms with E-state index in [4.69, 9.17) is 9.15 Å². The van der Waals surface area contributed by atoms with E-state index in [1.807, 2.05) is 42.5 Å². The van der Waals surface area contributed by atoms with Crippen molar-refractivity contribution in [3.63, 3.8) is 0 Å². The first-order chi connectivity index (χ1) is 11.6. The molecule has 0 aliphatic rings. The third kappa shape index (κ3) is 2.24. The van der Waals surface area contributed by atoms with E-state index in [2.05, 4.69) is 20.9 Å². The Labute approximate surface area is 146 Å². The minimum atomic E-state index is 0.192. The molecule has 1 N–H and O–H groups in total. The van der Waals surface area contributed by atoms with Crippen LogP contribution in [0.1, 0.15) is 5.89 Å². The lowest BCUT2D eigenvalue weighted by atomic mass is 9.97. The second-order valence-electron chi connectivity index (χ2n) is 5.55. The van der Waals surface area contributed by atoms with E-state index >= 15 is 0 Å². The number of hydrogen-bond donors (Lipinski definition) is 1. The normalized spacial score (nSPS) is 11.3. The fourth-order valence-corrected chi connectivity index (χ4v) is 3.33. The minimum absolute atomic E-state index is 0.192. The quantitative estimate of drug-likeness (QED) is 0.501. The molecule has 0 fully saturated rings. The zero-order valence-corrected chi connectivity index (χ0v) is 14.7. The number of aromatic hydroxyl groups is 1. The first kappa shape index (κ1) is 15.0. The van der Waals surface area contributed by atoms with Crippen molar-refractivity contribution in [2.75, 3.05) is 7.11 Å². The van der Waals surface area contributed by atoms with Crippen molar-refractivity contribution in [1.82, 2.24) is 4.98 Å². The second-order valence-corrected chi connectivity index (χ2v) is 6.47. The largest absolute Gasteiger partial charge is 0.507 e. The molecule has 5 heteroatoms. The van der Waals surface area contributed by atoms with Gasteiger partial charge in [-0.1, -0.05) is 28.1 Å². The van der Waals surface area contributed by atoms with Crippen molar-refractivity contribution in [1.29, 1.82) is 0 Å². The van der Waals surface area contributed by atoms with E-state index in [1.165, 1.54) is 0 Å². The molecular formula is C19H14BrNO3. The van der Waals surface area contributed by atoms with Crippen molar-refractivity contribution in [2.45, 2.75) is 6.92 Å². The van der Waals surface area contributed by atoms with Gasteiger partial charge in [-0.15, -0.1) is 0 Å². The highest BCUT2D eigenvalue weighted by Gasteiger charge is 2.20. The molecule has 0 spiro atoms. The van der Waals surface area contributed by atoms with Crippen LogP contribution >= 0.6 is 15.9 Å². The summed E-state index contributed by atoms with van der Waals surface area (Å²) >= 11 is 3.46. The van der Waals surface area contributed by atoms with Crippen LogP contribution in [0.4, 0.5) is 0 Å². The maximum absolute atomic E-state index is 10.9. The number of fused-ring (bicyclic) bond motifs is 3. The third-order valence-electron chi connectivity index (χ3n) is 4.07. The van der Waals surface area contributed by atoms with Gasteiger partial charge < -0.3 is 14.3 Å². The number of aryl methyl sites for hydroxylation is 1. The first-order valence-electron chi connectivity index (χ1n) is 7.44. The van der Waals surface area contributed by atoms with Gasteiger partial charge in [-0.3, -0.25) is 0 Å². The average molecular weight is 384 g/mol. The maximum Gasteiger partial charge on any atom is 0.192 e.